The molecule has 1 aromatic carbocycles. The molecule has 1 aliphatic rings. The van der Waals surface area contributed by atoms with E-state index < -0.39 is 0 Å². The minimum absolute atomic E-state index is 0.249. The van der Waals surface area contributed by atoms with E-state index in [1.54, 1.807) is 12.4 Å². The Morgan fingerprint density at radius 3 is 2.86 bits per heavy atom. The quantitative estimate of drug-likeness (QED) is 0.921. The third-order valence-electron chi connectivity index (χ3n) is 4.36. The smallest absolute Gasteiger partial charge is 0.145 e. The van der Waals surface area contributed by atoms with E-state index in [1.807, 2.05) is 24.3 Å². The average molecular weight is 297 g/mol. The van der Waals surface area contributed by atoms with Crippen LogP contribution in [0.5, 0.6) is 11.5 Å². The zero-order valence-corrected chi connectivity index (χ0v) is 13.0. The molecule has 0 amide bonds. The summed E-state index contributed by atoms with van der Waals surface area (Å²) in [7, 11) is 0. The van der Waals surface area contributed by atoms with Crippen molar-refractivity contribution < 1.29 is 4.74 Å². The van der Waals surface area contributed by atoms with Crippen LogP contribution in [0.1, 0.15) is 18.9 Å². The van der Waals surface area contributed by atoms with Crippen LogP contribution < -0.4 is 10.5 Å². The number of nitrogens with zero attached hydrogens (tertiary/aromatic N) is 2. The summed E-state index contributed by atoms with van der Waals surface area (Å²) in [4.78, 5) is 6.55. The molecule has 0 saturated carbocycles. The van der Waals surface area contributed by atoms with E-state index >= 15 is 0 Å². The first kappa shape index (κ1) is 15.0. The number of benzene rings is 1. The highest BCUT2D eigenvalue weighted by Crippen LogP contribution is 2.32. The molecule has 1 aliphatic heterocycles. The van der Waals surface area contributed by atoms with Crippen molar-refractivity contribution in [2.45, 2.75) is 19.9 Å². The number of hydrogen-bond donors (Lipinski definition) is 1. The van der Waals surface area contributed by atoms with E-state index in [9.17, 15) is 0 Å². The van der Waals surface area contributed by atoms with E-state index in [-0.39, 0.29) is 5.41 Å². The van der Waals surface area contributed by atoms with Crippen molar-refractivity contribution in [2.24, 2.45) is 11.1 Å². The molecular weight excluding hydrogens is 274 g/mol. The van der Waals surface area contributed by atoms with E-state index in [0.29, 0.717) is 0 Å². The van der Waals surface area contributed by atoms with Crippen LogP contribution in [-0.2, 0) is 6.54 Å². The first-order valence-corrected chi connectivity index (χ1v) is 7.77. The average Bonchev–Trinajstić information content (AvgIpc) is 2.92. The van der Waals surface area contributed by atoms with Gasteiger partial charge in [0.2, 0.25) is 0 Å². The molecule has 1 atom stereocenters. The van der Waals surface area contributed by atoms with Gasteiger partial charge in [0.15, 0.2) is 0 Å². The molecule has 4 nitrogen and oxygen atoms in total. The fraction of sp³-hybridized carbons (Fsp3) is 0.389. The lowest BCUT2D eigenvalue weighted by Crippen LogP contribution is -2.31. The zero-order chi connectivity index (χ0) is 15.4. The molecule has 2 N–H and O–H groups in total. The van der Waals surface area contributed by atoms with Crippen LogP contribution in [0.15, 0.2) is 48.8 Å². The van der Waals surface area contributed by atoms with Crippen molar-refractivity contribution in [3.05, 3.63) is 54.4 Å². The molecule has 0 bridgehead atoms. The minimum atomic E-state index is 0.249. The highest BCUT2D eigenvalue weighted by molar-refractivity contribution is 5.37. The Bertz CT molecular complexity index is 617. The second-order valence-electron chi connectivity index (χ2n) is 6.37. The first-order valence-electron chi connectivity index (χ1n) is 7.77. The number of nitrogens with two attached hydrogens (primary N) is 1. The Labute approximate surface area is 131 Å². The maximum atomic E-state index is 5.98. The largest absolute Gasteiger partial charge is 0.455 e. The van der Waals surface area contributed by atoms with Gasteiger partial charge in [-0.15, -0.1) is 0 Å². The minimum Gasteiger partial charge on any atom is -0.455 e. The van der Waals surface area contributed by atoms with Crippen molar-refractivity contribution >= 4 is 0 Å². The summed E-state index contributed by atoms with van der Waals surface area (Å²) in [5.74, 6) is 1.67. The van der Waals surface area contributed by atoms with Gasteiger partial charge >= 0.3 is 0 Å². The van der Waals surface area contributed by atoms with Gasteiger partial charge in [-0.25, -0.2) is 0 Å². The molecule has 1 aromatic heterocycles. The van der Waals surface area contributed by atoms with Crippen molar-refractivity contribution in [3.8, 4) is 11.5 Å². The van der Waals surface area contributed by atoms with Gasteiger partial charge in [-0.3, -0.25) is 9.88 Å². The normalized spacial score (nSPS) is 21.9. The molecule has 2 aromatic rings. The fourth-order valence-electron chi connectivity index (χ4n) is 2.94. The number of likely N-dealkylation sites (tertiary alicyclic amines) is 1. The van der Waals surface area contributed by atoms with Gasteiger partial charge < -0.3 is 10.5 Å². The topological polar surface area (TPSA) is 51.4 Å². The van der Waals surface area contributed by atoms with E-state index in [1.165, 1.54) is 5.56 Å². The fourth-order valence-corrected chi connectivity index (χ4v) is 2.94. The molecule has 0 radical (unpaired) electrons. The first-order chi connectivity index (χ1) is 10.7. The van der Waals surface area contributed by atoms with Crippen LogP contribution in [0.25, 0.3) is 0 Å². The summed E-state index contributed by atoms with van der Waals surface area (Å²) in [5.41, 5.74) is 7.35. The van der Waals surface area contributed by atoms with Crippen LogP contribution >= 0.6 is 0 Å². The van der Waals surface area contributed by atoms with E-state index in [2.05, 4.69) is 28.9 Å². The van der Waals surface area contributed by atoms with Crippen LogP contribution in [0, 0.1) is 5.41 Å². The molecule has 3 rings (SSSR count). The molecular formula is C18H23N3O. The van der Waals surface area contributed by atoms with Gasteiger partial charge in [-0.05, 0) is 43.1 Å². The molecule has 4 heteroatoms. The highest BCUT2D eigenvalue weighted by atomic mass is 16.5. The third-order valence-corrected chi connectivity index (χ3v) is 4.36. The monoisotopic (exact) mass is 297 g/mol. The van der Waals surface area contributed by atoms with Crippen LogP contribution in [0.2, 0.25) is 0 Å². The van der Waals surface area contributed by atoms with Gasteiger partial charge in [0, 0.05) is 24.8 Å². The summed E-state index contributed by atoms with van der Waals surface area (Å²) in [6.07, 6.45) is 4.64. The Balaban J connectivity index is 1.72. The van der Waals surface area contributed by atoms with Gasteiger partial charge in [-0.2, -0.15) is 0 Å². The number of para-hydroxylation sites is 1. The number of pyridine rings is 1. The van der Waals surface area contributed by atoms with Crippen LogP contribution in [0.3, 0.4) is 0 Å². The summed E-state index contributed by atoms with van der Waals surface area (Å²) in [6.45, 7) is 6.05. The van der Waals surface area contributed by atoms with Crippen molar-refractivity contribution in [1.29, 1.82) is 0 Å². The zero-order valence-electron chi connectivity index (χ0n) is 13.0. The molecule has 1 saturated heterocycles. The highest BCUT2D eigenvalue weighted by Gasteiger charge is 2.32. The maximum Gasteiger partial charge on any atom is 0.145 e. The molecule has 1 unspecified atom stereocenters. The number of ether oxygens (including phenoxy) is 1. The van der Waals surface area contributed by atoms with Gasteiger partial charge in [0.25, 0.3) is 0 Å². The lowest BCUT2D eigenvalue weighted by molar-refractivity contribution is 0.272. The van der Waals surface area contributed by atoms with E-state index in [0.717, 1.165) is 44.1 Å². The molecule has 1 fully saturated rings. The molecule has 22 heavy (non-hydrogen) atoms. The summed E-state index contributed by atoms with van der Waals surface area (Å²) in [6, 6.07) is 12.0. The Morgan fingerprint density at radius 2 is 2.14 bits per heavy atom. The second-order valence-corrected chi connectivity index (χ2v) is 6.37. The lowest BCUT2D eigenvalue weighted by Gasteiger charge is -2.23. The summed E-state index contributed by atoms with van der Waals surface area (Å²) < 4.78 is 5.98. The van der Waals surface area contributed by atoms with Crippen molar-refractivity contribution in [3.63, 3.8) is 0 Å². The van der Waals surface area contributed by atoms with E-state index in [4.69, 9.17) is 10.5 Å². The van der Waals surface area contributed by atoms with Gasteiger partial charge in [-0.1, -0.05) is 25.1 Å². The Kier molecular flexibility index (Phi) is 4.41. The number of rotatable bonds is 5. The van der Waals surface area contributed by atoms with Gasteiger partial charge in [0.1, 0.15) is 11.5 Å². The lowest BCUT2D eigenvalue weighted by atomic mass is 9.90. The van der Waals surface area contributed by atoms with Crippen molar-refractivity contribution in [2.75, 3.05) is 19.6 Å². The van der Waals surface area contributed by atoms with Crippen LogP contribution in [-0.4, -0.2) is 29.5 Å². The standard InChI is InChI=1S/C18H23N3O/c1-18(13-19)8-10-21(14-18)12-15-5-2-3-7-17(15)22-16-6-4-9-20-11-16/h2-7,9,11H,8,10,12-14,19H2,1H3. The second kappa shape index (κ2) is 6.46. The van der Waals surface area contributed by atoms with Crippen molar-refractivity contribution in [1.82, 2.24) is 9.88 Å². The molecule has 0 spiro atoms. The predicted molar refractivity (Wildman–Crippen MR) is 87.8 cm³/mol. The van der Waals surface area contributed by atoms with Gasteiger partial charge in [0.05, 0.1) is 6.20 Å². The van der Waals surface area contributed by atoms with Crippen LogP contribution in [0.4, 0.5) is 0 Å². The molecule has 2 heterocycles. The summed E-state index contributed by atoms with van der Waals surface area (Å²) in [5, 5.41) is 0. The molecule has 116 valence electrons. The number of aromatic nitrogens is 1. The summed E-state index contributed by atoms with van der Waals surface area (Å²) >= 11 is 0. The Morgan fingerprint density at radius 1 is 1.27 bits per heavy atom. The number of hydrogen-bond acceptors (Lipinski definition) is 4. The Hall–Kier alpha value is -1.91. The third kappa shape index (κ3) is 3.46. The maximum absolute atomic E-state index is 5.98. The predicted octanol–water partition coefficient (Wildman–Crippen LogP) is 3.04. The SMILES string of the molecule is CC1(CN)CCN(Cc2ccccc2Oc2cccnc2)C1. The molecule has 0 aliphatic carbocycles.